The summed E-state index contributed by atoms with van der Waals surface area (Å²) in [4.78, 5) is 4.30. The minimum absolute atomic E-state index is 0.232. The van der Waals surface area contributed by atoms with Crippen LogP contribution in [0.2, 0.25) is 0 Å². The lowest BCUT2D eigenvalue weighted by atomic mass is 9.33. The molecule has 11 atom stereocenters. The van der Waals surface area contributed by atoms with E-state index in [9.17, 15) is 0 Å². The van der Waals surface area contributed by atoms with Gasteiger partial charge in [0.2, 0.25) is 0 Å². The maximum Gasteiger partial charge on any atom is 0.0465 e. The summed E-state index contributed by atoms with van der Waals surface area (Å²) < 4.78 is 0. The lowest BCUT2D eigenvalue weighted by Crippen LogP contribution is -2.66. The van der Waals surface area contributed by atoms with Crippen LogP contribution in [0.1, 0.15) is 156 Å². The van der Waals surface area contributed by atoms with E-state index in [1.54, 1.807) is 39.8 Å². The summed E-state index contributed by atoms with van der Waals surface area (Å²) in [5.41, 5.74) is 13.9. The maximum atomic E-state index is 4.30. The van der Waals surface area contributed by atoms with Gasteiger partial charge in [-0.05, 0) is 193 Å². The van der Waals surface area contributed by atoms with Crippen LogP contribution in [0, 0.1) is 73.9 Å². The molecule has 264 valence electrons. The van der Waals surface area contributed by atoms with Crippen LogP contribution in [-0.2, 0) is 18.3 Å². The Labute approximate surface area is 298 Å². The number of benzene rings is 1. The Hall–Kier alpha value is -1.76. The third-order valence-corrected chi connectivity index (χ3v) is 19.1. The highest BCUT2D eigenvalue weighted by Gasteiger charge is 2.81. The van der Waals surface area contributed by atoms with Gasteiger partial charge < -0.3 is 4.98 Å². The van der Waals surface area contributed by atoms with Crippen molar-refractivity contribution in [3.05, 3.63) is 52.2 Å². The maximum absolute atomic E-state index is 4.30. The minimum atomic E-state index is 0.232. The molecule has 5 saturated carbocycles. The second kappa shape index (κ2) is 9.23. The third-order valence-electron chi connectivity index (χ3n) is 19.1. The summed E-state index contributed by atoms with van der Waals surface area (Å²) in [6.45, 7) is 28.5. The van der Waals surface area contributed by atoms with Crippen LogP contribution in [0.5, 0.6) is 0 Å². The van der Waals surface area contributed by atoms with Crippen molar-refractivity contribution in [1.82, 2.24) is 4.98 Å². The molecule has 2 aromatic rings. The van der Waals surface area contributed by atoms with Gasteiger partial charge in [0.05, 0.1) is 0 Å². The van der Waals surface area contributed by atoms with E-state index < -0.39 is 0 Å². The van der Waals surface area contributed by atoms with E-state index in [0.29, 0.717) is 33.0 Å². The fraction of sp³-hybridized carbons (Fsp3) is 0.750. The number of fused-ring (bicyclic) bond motifs is 12. The highest BCUT2D eigenvalue weighted by Crippen LogP contribution is 2.87. The number of H-pyrrole nitrogens is 1. The van der Waals surface area contributed by atoms with Gasteiger partial charge in [0.1, 0.15) is 0 Å². The summed E-state index contributed by atoms with van der Waals surface area (Å²) in [6.07, 6.45) is 20.9. The highest BCUT2D eigenvalue weighted by atomic mass is 14.9. The molecule has 0 amide bonds. The number of hydrogen-bond acceptors (Lipinski definition) is 0. The van der Waals surface area contributed by atoms with Gasteiger partial charge in [0, 0.05) is 22.0 Å². The summed E-state index contributed by atoms with van der Waals surface area (Å²) in [5.74, 6) is 6.02. The number of allylic oxidation sites excluding steroid dienone is 4. The summed E-state index contributed by atoms with van der Waals surface area (Å²) in [6, 6.07) is 5.31. The smallest absolute Gasteiger partial charge is 0.0465 e. The van der Waals surface area contributed by atoms with E-state index in [1.165, 1.54) is 75.3 Å². The molecule has 8 aliphatic carbocycles. The predicted molar refractivity (Wildman–Crippen MR) is 206 cm³/mol. The molecule has 5 fully saturated rings. The molecule has 8 aliphatic rings. The number of aromatic nitrogens is 1. The van der Waals surface area contributed by atoms with Crippen molar-refractivity contribution in [1.29, 1.82) is 0 Å². The van der Waals surface area contributed by atoms with Crippen molar-refractivity contribution in [2.45, 2.75) is 152 Å². The second-order valence-electron chi connectivity index (χ2n) is 22.9. The molecule has 10 rings (SSSR count). The molecule has 0 aliphatic heterocycles. The first kappa shape index (κ1) is 31.9. The Kier molecular flexibility index (Phi) is 6.02. The topological polar surface area (TPSA) is 15.8 Å². The number of aromatic amines is 1. The zero-order valence-corrected chi connectivity index (χ0v) is 33.1. The van der Waals surface area contributed by atoms with Crippen LogP contribution in [0.4, 0.5) is 0 Å². The van der Waals surface area contributed by atoms with E-state index >= 15 is 0 Å². The zero-order chi connectivity index (χ0) is 34.5. The molecule has 49 heavy (non-hydrogen) atoms. The Morgan fingerprint density at radius 1 is 0.796 bits per heavy atom. The van der Waals surface area contributed by atoms with Gasteiger partial charge in [-0.15, -0.1) is 0 Å². The van der Waals surface area contributed by atoms with Crippen molar-refractivity contribution in [2.24, 2.45) is 73.9 Å². The SMILES string of the molecule is CC(C)=CC1CC2C(CC3CCC4(C)C(C)(CCC5Cc6c([nH]c7cc8c(cc67)CC6C8=CC(C)(C)CC6(C)C)[C@@]54C)C34CC24)C(C)(C)C1. The van der Waals surface area contributed by atoms with Crippen molar-refractivity contribution in [3.63, 3.8) is 0 Å². The molecule has 0 radical (unpaired) electrons. The van der Waals surface area contributed by atoms with Crippen molar-refractivity contribution >= 4 is 16.5 Å². The van der Waals surface area contributed by atoms with E-state index in [0.717, 1.165) is 35.5 Å². The number of hydrogen-bond donors (Lipinski definition) is 1. The summed E-state index contributed by atoms with van der Waals surface area (Å²) in [7, 11) is 0. The fourth-order valence-corrected chi connectivity index (χ4v) is 17.3. The summed E-state index contributed by atoms with van der Waals surface area (Å²) >= 11 is 0. The molecule has 10 unspecified atom stereocenters. The van der Waals surface area contributed by atoms with E-state index in [1.807, 2.05) is 0 Å². The third kappa shape index (κ3) is 3.71. The van der Waals surface area contributed by atoms with E-state index in [2.05, 4.69) is 105 Å². The summed E-state index contributed by atoms with van der Waals surface area (Å²) in [5, 5.41) is 1.58. The van der Waals surface area contributed by atoms with Gasteiger partial charge in [0.15, 0.2) is 0 Å². The van der Waals surface area contributed by atoms with E-state index in [-0.39, 0.29) is 10.8 Å². The fourth-order valence-electron chi connectivity index (χ4n) is 17.3. The Morgan fingerprint density at radius 3 is 2.29 bits per heavy atom. The lowest BCUT2D eigenvalue weighted by molar-refractivity contribution is -0.202. The molecule has 0 saturated heterocycles. The Morgan fingerprint density at radius 2 is 1.53 bits per heavy atom. The molecule has 1 aromatic carbocycles. The minimum Gasteiger partial charge on any atom is -0.358 e. The number of rotatable bonds is 1. The molecule has 1 nitrogen and oxygen atoms in total. The lowest BCUT2D eigenvalue weighted by Gasteiger charge is -2.70. The van der Waals surface area contributed by atoms with Crippen LogP contribution >= 0.6 is 0 Å². The van der Waals surface area contributed by atoms with Gasteiger partial charge in [-0.2, -0.15) is 0 Å². The molecule has 1 spiro atoms. The molecule has 0 bridgehead atoms. The van der Waals surface area contributed by atoms with E-state index in [4.69, 9.17) is 0 Å². The largest absolute Gasteiger partial charge is 0.358 e. The molecular weight excluding hydrogens is 591 g/mol. The highest BCUT2D eigenvalue weighted by molar-refractivity contribution is 5.92. The quantitative estimate of drug-likeness (QED) is 0.294. The molecule has 1 aromatic heterocycles. The normalized spacial score (nSPS) is 47.3. The van der Waals surface area contributed by atoms with Crippen molar-refractivity contribution in [3.8, 4) is 0 Å². The van der Waals surface area contributed by atoms with Gasteiger partial charge >= 0.3 is 0 Å². The first-order valence-electron chi connectivity index (χ1n) is 20.9. The Bertz CT molecular complexity index is 1850. The van der Waals surface area contributed by atoms with Crippen molar-refractivity contribution in [2.75, 3.05) is 0 Å². The molecule has 1 heteroatoms. The van der Waals surface area contributed by atoms with Crippen LogP contribution in [-0.4, -0.2) is 4.98 Å². The Balaban J connectivity index is 1.05. The molecular formula is C48H67N. The van der Waals surface area contributed by atoms with Crippen LogP contribution in [0.25, 0.3) is 16.5 Å². The molecule has 1 N–H and O–H groups in total. The zero-order valence-electron chi connectivity index (χ0n) is 33.1. The average molecular weight is 658 g/mol. The second-order valence-corrected chi connectivity index (χ2v) is 22.9. The standard InChI is InChI=1S/C48H67N/c1-27(2)16-28-17-35-38(43(5,6)23-28)21-31-13-14-45(9)46(10,48(31)25-39(35)48)15-12-30-20-34-33-18-29-19-37-36(24-42(3,4)26-44(37,7)8)32(29)22-40(33)49-41(34)47(30,45)11/h16,18,22,24,28,30-31,35,37-39,49H,12-15,17,19-21,23,25-26H2,1-11H3/t28?,30?,31?,35?,37?,38?,39?,45?,46?,47-,48?/m1/s1. The van der Waals surface area contributed by atoms with Crippen LogP contribution in [0.3, 0.4) is 0 Å². The van der Waals surface area contributed by atoms with Gasteiger partial charge in [-0.1, -0.05) is 80.0 Å². The van der Waals surface area contributed by atoms with Gasteiger partial charge in [-0.3, -0.25) is 0 Å². The van der Waals surface area contributed by atoms with Gasteiger partial charge in [-0.25, -0.2) is 0 Å². The van der Waals surface area contributed by atoms with Crippen LogP contribution in [0.15, 0.2) is 29.9 Å². The average Bonchev–Trinajstić information content (AvgIpc) is 3.40. The first-order chi connectivity index (χ1) is 22.9. The predicted octanol–water partition coefficient (Wildman–Crippen LogP) is 12.9. The van der Waals surface area contributed by atoms with Crippen molar-refractivity contribution < 1.29 is 0 Å². The monoisotopic (exact) mass is 658 g/mol. The van der Waals surface area contributed by atoms with Gasteiger partial charge in [0.25, 0.3) is 0 Å². The first-order valence-corrected chi connectivity index (χ1v) is 20.9. The van der Waals surface area contributed by atoms with Crippen LogP contribution < -0.4 is 0 Å². The molecule has 1 heterocycles. The number of nitrogens with one attached hydrogen (secondary N) is 1.